The fourth-order valence-electron chi connectivity index (χ4n) is 2.46. The molecule has 6 nitrogen and oxygen atoms in total. The van der Waals surface area contributed by atoms with Crippen LogP contribution in [0.15, 0.2) is 53.1 Å². The van der Waals surface area contributed by atoms with E-state index < -0.39 is 10.0 Å². The summed E-state index contributed by atoms with van der Waals surface area (Å²) < 4.78 is 31.5. The van der Waals surface area contributed by atoms with Crippen molar-refractivity contribution >= 4 is 21.6 Å². The Morgan fingerprint density at radius 2 is 1.92 bits per heavy atom. The number of halogens is 1. The molecule has 0 radical (unpaired) electrons. The normalized spacial score (nSPS) is 11.8. The topological polar surface area (TPSA) is 76.3 Å². The molecule has 3 aromatic rings. The van der Waals surface area contributed by atoms with Gasteiger partial charge in [-0.3, -0.25) is 0 Å². The molecule has 0 fully saturated rings. The summed E-state index contributed by atoms with van der Waals surface area (Å²) >= 11 is 5.91. The van der Waals surface area contributed by atoms with E-state index in [1.165, 1.54) is 11.4 Å². The fourth-order valence-corrected chi connectivity index (χ4v) is 3.80. The van der Waals surface area contributed by atoms with Gasteiger partial charge in [-0.25, -0.2) is 8.42 Å². The van der Waals surface area contributed by atoms with Crippen molar-refractivity contribution in [2.75, 3.05) is 7.05 Å². The molecule has 136 valence electrons. The van der Waals surface area contributed by atoms with E-state index in [4.69, 9.17) is 16.1 Å². The van der Waals surface area contributed by atoms with Gasteiger partial charge < -0.3 is 4.52 Å². The van der Waals surface area contributed by atoms with Crippen LogP contribution in [0, 0.1) is 6.92 Å². The van der Waals surface area contributed by atoms with E-state index in [2.05, 4.69) is 10.1 Å². The molecule has 1 aromatic heterocycles. The van der Waals surface area contributed by atoms with E-state index in [9.17, 15) is 8.42 Å². The Morgan fingerprint density at radius 1 is 1.15 bits per heavy atom. The number of sulfonamides is 1. The Balaban J connectivity index is 1.72. The quantitative estimate of drug-likeness (QED) is 0.640. The highest BCUT2D eigenvalue weighted by molar-refractivity contribution is 7.88. The lowest BCUT2D eigenvalue weighted by Crippen LogP contribution is -2.27. The minimum Gasteiger partial charge on any atom is -0.338 e. The lowest BCUT2D eigenvalue weighted by atomic mass is 10.1. The smallest absolute Gasteiger partial charge is 0.242 e. The first-order valence-corrected chi connectivity index (χ1v) is 9.90. The second-order valence-corrected chi connectivity index (χ2v) is 8.54. The summed E-state index contributed by atoms with van der Waals surface area (Å²) in [7, 11) is -2.06. The SMILES string of the molecule is Cc1cccc(-c2noc(CN(C)S(=O)(=O)Cc3cccc(Cl)c3)n2)c1. The van der Waals surface area contributed by atoms with Gasteiger partial charge in [0.1, 0.15) is 0 Å². The van der Waals surface area contributed by atoms with Gasteiger partial charge in [0.25, 0.3) is 0 Å². The molecule has 0 bridgehead atoms. The van der Waals surface area contributed by atoms with Crippen LogP contribution in [-0.2, 0) is 22.3 Å². The van der Waals surface area contributed by atoms with Crippen LogP contribution >= 0.6 is 11.6 Å². The summed E-state index contributed by atoms with van der Waals surface area (Å²) in [6, 6.07) is 14.5. The summed E-state index contributed by atoms with van der Waals surface area (Å²) in [6.45, 7) is 1.97. The van der Waals surface area contributed by atoms with Gasteiger partial charge >= 0.3 is 0 Å². The second-order valence-electron chi connectivity index (χ2n) is 6.02. The minimum absolute atomic E-state index is 0.00170. The van der Waals surface area contributed by atoms with Crippen molar-refractivity contribution in [3.05, 3.63) is 70.6 Å². The molecule has 0 saturated heterocycles. The van der Waals surface area contributed by atoms with Crippen LogP contribution in [0.3, 0.4) is 0 Å². The molecule has 3 rings (SSSR count). The highest BCUT2D eigenvalue weighted by Gasteiger charge is 2.21. The zero-order chi connectivity index (χ0) is 18.7. The average molecular weight is 392 g/mol. The van der Waals surface area contributed by atoms with E-state index in [0.29, 0.717) is 16.4 Å². The molecule has 0 aliphatic rings. The van der Waals surface area contributed by atoms with Gasteiger partial charge in [-0.2, -0.15) is 9.29 Å². The third-order valence-corrected chi connectivity index (χ3v) is 5.83. The largest absolute Gasteiger partial charge is 0.338 e. The van der Waals surface area contributed by atoms with E-state index in [1.54, 1.807) is 24.3 Å². The summed E-state index contributed by atoms with van der Waals surface area (Å²) in [5, 5.41) is 4.43. The Bertz CT molecular complexity index is 1020. The highest BCUT2D eigenvalue weighted by atomic mass is 35.5. The molecule has 0 unspecified atom stereocenters. The van der Waals surface area contributed by atoms with Crippen LogP contribution in [0.5, 0.6) is 0 Å². The standard InChI is InChI=1S/C18H18ClN3O3S/c1-13-5-3-7-15(9-13)18-20-17(25-21-18)11-22(2)26(23,24)12-14-6-4-8-16(19)10-14/h3-10H,11-12H2,1-2H3. The number of aryl methyl sites for hydroxylation is 1. The zero-order valence-corrected chi connectivity index (χ0v) is 16.0. The number of aromatic nitrogens is 2. The second kappa shape index (κ2) is 7.57. The van der Waals surface area contributed by atoms with Crippen LogP contribution in [0.2, 0.25) is 5.02 Å². The van der Waals surface area contributed by atoms with Crippen molar-refractivity contribution in [2.24, 2.45) is 0 Å². The Hall–Kier alpha value is -2.22. The number of rotatable bonds is 6. The molecular weight excluding hydrogens is 374 g/mol. The molecular formula is C18H18ClN3O3S. The van der Waals surface area contributed by atoms with Crippen LogP contribution < -0.4 is 0 Å². The Morgan fingerprint density at radius 3 is 2.65 bits per heavy atom. The Labute approximate surface area is 157 Å². The highest BCUT2D eigenvalue weighted by Crippen LogP contribution is 2.19. The summed E-state index contributed by atoms with van der Waals surface area (Å²) in [4.78, 5) is 4.29. The molecule has 0 N–H and O–H groups in total. The maximum absolute atomic E-state index is 12.5. The molecule has 0 saturated carbocycles. The molecule has 2 aromatic carbocycles. The van der Waals surface area contributed by atoms with E-state index in [1.807, 2.05) is 31.2 Å². The van der Waals surface area contributed by atoms with E-state index >= 15 is 0 Å². The average Bonchev–Trinajstić information content (AvgIpc) is 3.03. The van der Waals surface area contributed by atoms with Crippen LogP contribution in [-0.4, -0.2) is 29.9 Å². The van der Waals surface area contributed by atoms with Crippen molar-refractivity contribution < 1.29 is 12.9 Å². The molecule has 0 amide bonds. The molecule has 0 aliphatic heterocycles. The first-order valence-electron chi connectivity index (χ1n) is 7.91. The maximum atomic E-state index is 12.5. The summed E-state index contributed by atoms with van der Waals surface area (Å²) in [5.74, 6) is 0.520. The van der Waals surface area contributed by atoms with Gasteiger partial charge in [0.05, 0.1) is 12.3 Å². The minimum atomic E-state index is -3.54. The first-order chi connectivity index (χ1) is 12.3. The molecule has 8 heteroatoms. The molecule has 26 heavy (non-hydrogen) atoms. The van der Waals surface area contributed by atoms with Gasteiger partial charge in [-0.15, -0.1) is 0 Å². The number of nitrogens with zero attached hydrogens (tertiary/aromatic N) is 3. The molecule has 1 heterocycles. The van der Waals surface area contributed by atoms with Crippen molar-refractivity contribution in [1.82, 2.24) is 14.4 Å². The summed E-state index contributed by atoms with van der Waals surface area (Å²) in [6.07, 6.45) is 0. The van der Waals surface area contributed by atoms with Crippen molar-refractivity contribution in [1.29, 1.82) is 0 Å². The van der Waals surface area contributed by atoms with Gasteiger partial charge in [-0.05, 0) is 30.7 Å². The number of hydrogen-bond acceptors (Lipinski definition) is 5. The van der Waals surface area contributed by atoms with Crippen molar-refractivity contribution in [3.63, 3.8) is 0 Å². The van der Waals surface area contributed by atoms with Crippen LogP contribution in [0.1, 0.15) is 17.0 Å². The van der Waals surface area contributed by atoms with Crippen molar-refractivity contribution in [3.8, 4) is 11.4 Å². The third kappa shape index (κ3) is 4.49. The first kappa shape index (κ1) is 18.6. The molecule has 0 atom stereocenters. The number of hydrogen-bond donors (Lipinski definition) is 0. The van der Waals surface area contributed by atoms with Gasteiger partial charge in [-0.1, -0.05) is 52.7 Å². The van der Waals surface area contributed by atoms with Crippen LogP contribution in [0.4, 0.5) is 0 Å². The summed E-state index contributed by atoms with van der Waals surface area (Å²) in [5.41, 5.74) is 2.52. The predicted molar refractivity (Wildman–Crippen MR) is 100 cm³/mol. The van der Waals surface area contributed by atoms with Crippen LogP contribution in [0.25, 0.3) is 11.4 Å². The maximum Gasteiger partial charge on any atom is 0.242 e. The third-order valence-electron chi connectivity index (χ3n) is 3.82. The monoisotopic (exact) mass is 391 g/mol. The fraction of sp³-hybridized carbons (Fsp3) is 0.222. The molecule has 0 spiro atoms. The van der Waals surface area contributed by atoms with Gasteiger partial charge in [0, 0.05) is 17.6 Å². The van der Waals surface area contributed by atoms with Crippen molar-refractivity contribution in [2.45, 2.75) is 19.2 Å². The number of benzene rings is 2. The van der Waals surface area contributed by atoms with Gasteiger partial charge in [0.2, 0.25) is 21.7 Å². The van der Waals surface area contributed by atoms with E-state index in [0.717, 1.165) is 11.1 Å². The lowest BCUT2D eigenvalue weighted by molar-refractivity contribution is 0.336. The predicted octanol–water partition coefficient (Wildman–Crippen LogP) is 3.66. The lowest BCUT2D eigenvalue weighted by Gasteiger charge is -2.15. The van der Waals surface area contributed by atoms with Gasteiger partial charge in [0.15, 0.2) is 0 Å². The Kier molecular flexibility index (Phi) is 5.41. The zero-order valence-electron chi connectivity index (χ0n) is 14.4. The molecule has 0 aliphatic carbocycles. The van der Waals surface area contributed by atoms with E-state index in [-0.39, 0.29) is 18.2 Å².